The fraction of sp³-hybridized carbons (Fsp3) is 0.500. The van der Waals surface area contributed by atoms with Gasteiger partial charge in [0, 0.05) is 51.5 Å². The van der Waals surface area contributed by atoms with Gasteiger partial charge in [-0.15, -0.1) is 0 Å². The van der Waals surface area contributed by atoms with Crippen LogP contribution in [0.4, 0.5) is 0 Å². The maximum atomic E-state index is 12.4. The monoisotopic (exact) mass is 383 g/mol. The van der Waals surface area contributed by atoms with Gasteiger partial charge in [0.2, 0.25) is 5.43 Å². The van der Waals surface area contributed by atoms with Crippen molar-refractivity contribution in [1.29, 1.82) is 0 Å². The lowest BCUT2D eigenvalue weighted by molar-refractivity contribution is 0.0331. The Hall–Kier alpha value is -2.15. The summed E-state index contributed by atoms with van der Waals surface area (Å²) >= 11 is 0. The van der Waals surface area contributed by atoms with Crippen molar-refractivity contribution in [3.63, 3.8) is 0 Å². The van der Waals surface area contributed by atoms with Crippen molar-refractivity contribution in [3.8, 4) is 5.75 Å². The minimum absolute atomic E-state index is 0.114. The molecule has 3 heterocycles. The standard InChI is InChI=1S/C22H29N3O3/c1-23-19(15-24-9-11-28-12-10-24)13-21(26)22(27)20(23)16-25-8-7-18(14-25)17-5-3-2-4-6-17/h2-6,13,18,27H,7-12,14-16H2,1H3. The molecule has 0 saturated carbocycles. The fourth-order valence-corrected chi connectivity index (χ4v) is 4.30. The first-order chi connectivity index (χ1) is 13.6. The number of aromatic hydroxyl groups is 1. The molecular formula is C22H29N3O3. The fourth-order valence-electron chi connectivity index (χ4n) is 4.30. The quantitative estimate of drug-likeness (QED) is 0.855. The average Bonchev–Trinajstić information content (AvgIpc) is 3.19. The second-order valence-electron chi connectivity index (χ2n) is 7.87. The van der Waals surface area contributed by atoms with Gasteiger partial charge < -0.3 is 14.4 Å². The zero-order valence-corrected chi connectivity index (χ0v) is 16.5. The van der Waals surface area contributed by atoms with Crippen molar-refractivity contribution in [2.75, 3.05) is 39.4 Å². The molecule has 6 nitrogen and oxygen atoms in total. The van der Waals surface area contributed by atoms with Gasteiger partial charge in [-0.1, -0.05) is 30.3 Å². The number of benzene rings is 1. The van der Waals surface area contributed by atoms with Gasteiger partial charge in [0.15, 0.2) is 5.75 Å². The molecule has 2 aliphatic rings. The zero-order valence-electron chi connectivity index (χ0n) is 16.5. The van der Waals surface area contributed by atoms with E-state index in [0.717, 1.165) is 51.5 Å². The van der Waals surface area contributed by atoms with Crippen molar-refractivity contribution in [2.24, 2.45) is 7.05 Å². The number of aromatic nitrogens is 1. The van der Waals surface area contributed by atoms with Crippen LogP contribution in [0.1, 0.15) is 29.3 Å². The summed E-state index contributed by atoms with van der Waals surface area (Å²) < 4.78 is 7.41. The minimum Gasteiger partial charge on any atom is -0.503 e. The molecule has 1 unspecified atom stereocenters. The predicted octanol–water partition coefficient (Wildman–Crippen LogP) is 1.91. The molecule has 1 atom stereocenters. The Morgan fingerprint density at radius 1 is 1.07 bits per heavy atom. The van der Waals surface area contributed by atoms with Crippen LogP contribution in [0.2, 0.25) is 0 Å². The summed E-state index contributed by atoms with van der Waals surface area (Å²) in [6, 6.07) is 12.2. The number of hydrogen-bond acceptors (Lipinski definition) is 5. The Morgan fingerprint density at radius 3 is 2.57 bits per heavy atom. The van der Waals surface area contributed by atoms with E-state index in [-0.39, 0.29) is 11.2 Å². The van der Waals surface area contributed by atoms with Crippen LogP contribution in [-0.2, 0) is 24.9 Å². The molecule has 28 heavy (non-hydrogen) atoms. The number of nitrogens with zero attached hydrogens (tertiary/aromatic N) is 3. The third-order valence-electron chi connectivity index (χ3n) is 6.05. The minimum atomic E-state index is -0.282. The number of pyridine rings is 1. The molecule has 0 radical (unpaired) electrons. The van der Waals surface area contributed by atoms with Crippen molar-refractivity contribution < 1.29 is 9.84 Å². The first-order valence-corrected chi connectivity index (χ1v) is 10.1. The third kappa shape index (κ3) is 4.14. The molecule has 0 spiro atoms. The molecule has 2 saturated heterocycles. The molecule has 1 N–H and O–H groups in total. The lowest BCUT2D eigenvalue weighted by atomic mass is 9.99. The van der Waals surface area contributed by atoms with Crippen LogP contribution >= 0.6 is 0 Å². The van der Waals surface area contributed by atoms with Gasteiger partial charge >= 0.3 is 0 Å². The van der Waals surface area contributed by atoms with Gasteiger partial charge in [0.1, 0.15) is 0 Å². The van der Waals surface area contributed by atoms with E-state index in [0.29, 0.717) is 24.7 Å². The molecule has 0 amide bonds. The second-order valence-corrected chi connectivity index (χ2v) is 7.87. The molecule has 2 aliphatic heterocycles. The summed E-state index contributed by atoms with van der Waals surface area (Å²) in [6.45, 7) is 6.42. The zero-order chi connectivity index (χ0) is 19.5. The van der Waals surface area contributed by atoms with Gasteiger partial charge in [-0.3, -0.25) is 14.6 Å². The maximum absolute atomic E-state index is 12.4. The second kappa shape index (κ2) is 8.47. The van der Waals surface area contributed by atoms with Crippen LogP contribution in [0, 0.1) is 0 Å². The molecular weight excluding hydrogens is 354 g/mol. The first-order valence-electron chi connectivity index (χ1n) is 10.1. The van der Waals surface area contributed by atoms with E-state index in [4.69, 9.17) is 4.74 Å². The number of ether oxygens (including phenoxy) is 1. The number of likely N-dealkylation sites (tertiary alicyclic amines) is 1. The van der Waals surface area contributed by atoms with E-state index in [1.54, 1.807) is 6.07 Å². The topological polar surface area (TPSA) is 57.9 Å². The molecule has 6 heteroatoms. The summed E-state index contributed by atoms with van der Waals surface area (Å²) in [5, 5.41) is 10.5. The van der Waals surface area contributed by atoms with E-state index in [1.807, 2.05) is 17.7 Å². The molecule has 0 aliphatic carbocycles. The van der Waals surface area contributed by atoms with Crippen molar-refractivity contribution in [3.05, 3.63) is 63.6 Å². The molecule has 2 aromatic rings. The average molecular weight is 383 g/mol. The van der Waals surface area contributed by atoms with Crippen molar-refractivity contribution in [2.45, 2.75) is 25.4 Å². The van der Waals surface area contributed by atoms with E-state index in [9.17, 15) is 9.90 Å². The van der Waals surface area contributed by atoms with Crippen LogP contribution in [0.3, 0.4) is 0 Å². The molecule has 1 aromatic carbocycles. The number of hydrogen-bond donors (Lipinski definition) is 1. The van der Waals surface area contributed by atoms with Crippen LogP contribution < -0.4 is 5.43 Å². The van der Waals surface area contributed by atoms with Gasteiger partial charge in [-0.25, -0.2) is 0 Å². The number of morpholine rings is 1. The van der Waals surface area contributed by atoms with Crippen LogP contribution in [0.25, 0.3) is 0 Å². The lowest BCUT2D eigenvalue weighted by Crippen LogP contribution is -2.37. The summed E-state index contributed by atoms with van der Waals surface area (Å²) in [5.41, 5.74) is 2.74. The van der Waals surface area contributed by atoms with Crippen LogP contribution in [-0.4, -0.2) is 58.9 Å². The summed E-state index contributed by atoms with van der Waals surface area (Å²) in [5.74, 6) is 0.397. The Labute approximate surface area is 166 Å². The van der Waals surface area contributed by atoms with Gasteiger partial charge in [-0.05, 0) is 24.4 Å². The van der Waals surface area contributed by atoms with Gasteiger partial charge in [0.05, 0.1) is 18.9 Å². The highest BCUT2D eigenvalue weighted by molar-refractivity contribution is 5.30. The highest BCUT2D eigenvalue weighted by Gasteiger charge is 2.26. The Kier molecular flexibility index (Phi) is 5.80. The molecule has 0 bridgehead atoms. The highest BCUT2D eigenvalue weighted by atomic mass is 16.5. The highest BCUT2D eigenvalue weighted by Crippen LogP contribution is 2.29. The van der Waals surface area contributed by atoms with E-state index in [2.05, 4.69) is 34.1 Å². The van der Waals surface area contributed by atoms with E-state index >= 15 is 0 Å². The van der Waals surface area contributed by atoms with E-state index < -0.39 is 0 Å². The van der Waals surface area contributed by atoms with Gasteiger partial charge in [0.25, 0.3) is 0 Å². The third-order valence-corrected chi connectivity index (χ3v) is 6.05. The smallest absolute Gasteiger partial charge is 0.223 e. The maximum Gasteiger partial charge on any atom is 0.223 e. The normalized spacial score (nSPS) is 21.2. The Bertz CT molecular complexity index is 859. The predicted molar refractivity (Wildman–Crippen MR) is 109 cm³/mol. The van der Waals surface area contributed by atoms with Crippen molar-refractivity contribution >= 4 is 0 Å². The van der Waals surface area contributed by atoms with E-state index in [1.165, 1.54) is 5.56 Å². The van der Waals surface area contributed by atoms with Crippen LogP contribution in [0.5, 0.6) is 5.75 Å². The summed E-state index contributed by atoms with van der Waals surface area (Å²) in [6.07, 6.45) is 1.10. The summed E-state index contributed by atoms with van der Waals surface area (Å²) in [7, 11) is 1.95. The Balaban J connectivity index is 1.50. The van der Waals surface area contributed by atoms with Gasteiger partial charge in [-0.2, -0.15) is 0 Å². The first kappa shape index (κ1) is 19.2. The summed E-state index contributed by atoms with van der Waals surface area (Å²) in [4.78, 5) is 17.0. The Morgan fingerprint density at radius 2 is 1.82 bits per heavy atom. The molecule has 1 aromatic heterocycles. The molecule has 2 fully saturated rings. The lowest BCUT2D eigenvalue weighted by Gasteiger charge is -2.28. The largest absolute Gasteiger partial charge is 0.503 e. The SMILES string of the molecule is Cn1c(CN2CCOCC2)cc(=O)c(O)c1CN1CCC(c2ccccc2)C1. The van der Waals surface area contributed by atoms with Crippen molar-refractivity contribution in [1.82, 2.24) is 14.4 Å². The number of rotatable bonds is 5. The molecule has 150 valence electrons. The molecule has 4 rings (SSSR count). The van der Waals surface area contributed by atoms with Crippen LogP contribution in [0.15, 0.2) is 41.2 Å².